The summed E-state index contributed by atoms with van der Waals surface area (Å²) in [7, 11) is 1.61. The van der Waals surface area contributed by atoms with Crippen molar-refractivity contribution in [3.63, 3.8) is 0 Å². The van der Waals surface area contributed by atoms with Crippen molar-refractivity contribution in [2.45, 2.75) is 19.6 Å². The highest BCUT2D eigenvalue weighted by Crippen LogP contribution is 2.32. The number of rotatable bonds is 9. The minimum Gasteiger partial charge on any atom is -0.493 e. The van der Waals surface area contributed by atoms with Gasteiger partial charge in [-0.2, -0.15) is 10.1 Å². The van der Waals surface area contributed by atoms with Crippen molar-refractivity contribution >= 4 is 23.2 Å². The number of amides is 1. The van der Waals surface area contributed by atoms with Crippen molar-refractivity contribution in [2.24, 2.45) is 5.10 Å². The predicted molar refractivity (Wildman–Crippen MR) is 138 cm³/mol. The van der Waals surface area contributed by atoms with Gasteiger partial charge in [0.1, 0.15) is 13.2 Å². The zero-order valence-corrected chi connectivity index (χ0v) is 20.7. The summed E-state index contributed by atoms with van der Waals surface area (Å²) in [5.74, 6) is 1.18. The molecule has 0 radical (unpaired) electrons. The maximum absolute atomic E-state index is 13.3. The zero-order valence-electron chi connectivity index (χ0n) is 19.9. The topological polar surface area (TPSA) is 55.6 Å². The van der Waals surface area contributed by atoms with Crippen LogP contribution in [-0.2, 0) is 11.3 Å². The third kappa shape index (κ3) is 5.73. The molecule has 7 heteroatoms. The molecule has 1 heterocycles. The maximum Gasteiger partial charge on any atom is 0.303 e. The minimum atomic E-state index is -0.327. The highest BCUT2D eigenvalue weighted by atomic mass is 35.5. The molecule has 3 aromatic rings. The quantitative estimate of drug-likeness (QED) is 0.360. The molecule has 1 aliphatic rings. The monoisotopic (exact) mass is 490 g/mol. The highest BCUT2D eigenvalue weighted by Gasteiger charge is 2.43. The number of carbonyl (C=O) groups excluding carboxylic acids is 1. The van der Waals surface area contributed by atoms with Gasteiger partial charge in [-0.3, -0.25) is 9.69 Å². The van der Waals surface area contributed by atoms with Gasteiger partial charge in [-0.05, 0) is 42.8 Å². The van der Waals surface area contributed by atoms with E-state index in [2.05, 4.69) is 18.7 Å². The Hall–Kier alpha value is -3.61. The van der Waals surface area contributed by atoms with E-state index in [1.165, 1.54) is 0 Å². The van der Waals surface area contributed by atoms with E-state index < -0.39 is 0 Å². The summed E-state index contributed by atoms with van der Waals surface area (Å²) in [4.78, 5) is 14.3. The first-order valence-corrected chi connectivity index (χ1v) is 11.8. The van der Waals surface area contributed by atoms with Crippen LogP contribution >= 0.6 is 11.6 Å². The van der Waals surface area contributed by atoms with Gasteiger partial charge in [0.2, 0.25) is 6.17 Å². The molecule has 3 aromatic carbocycles. The maximum atomic E-state index is 13.3. The summed E-state index contributed by atoms with van der Waals surface area (Å²) in [6, 6.07) is 23.4. The summed E-state index contributed by atoms with van der Waals surface area (Å²) in [5.41, 5.74) is 3.71. The average molecular weight is 491 g/mol. The largest absolute Gasteiger partial charge is 0.493 e. The SMILES string of the molecule is C=CCOc1ccc([C@@H]2N(/N=C(/C)c3ccc(Cl)cc3)C(=O)C[NH+]2Cc2ccccc2)cc1OC. The van der Waals surface area contributed by atoms with E-state index in [1.807, 2.05) is 67.6 Å². The fourth-order valence-corrected chi connectivity index (χ4v) is 4.36. The van der Waals surface area contributed by atoms with Crippen molar-refractivity contribution in [2.75, 3.05) is 20.3 Å². The lowest BCUT2D eigenvalue weighted by atomic mass is 10.1. The van der Waals surface area contributed by atoms with E-state index in [0.717, 1.165) is 27.3 Å². The van der Waals surface area contributed by atoms with E-state index in [4.69, 9.17) is 26.2 Å². The van der Waals surface area contributed by atoms with E-state index >= 15 is 0 Å². The van der Waals surface area contributed by atoms with Crippen LogP contribution in [-0.4, -0.2) is 36.9 Å². The number of hydrazone groups is 1. The summed E-state index contributed by atoms with van der Waals surface area (Å²) >= 11 is 6.05. The summed E-state index contributed by atoms with van der Waals surface area (Å²) < 4.78 is 11.3. The van der Waals surface area contributed by atoms with Gasteiger partial charge >= 0.3 is 5.91 Å². The molecule has 0 spiro atoms. The van der Waals surface area contributed by atoms with E-state index in [1.54, 1.807) is 18.2 Å². The predicted octanol–water partition coefficient (Wildman–Crippen LogP) is 4.26. The number of quaternary nitrogens is 1. The number of hydrogen-bond acceptors (Lipinski definition) is 4. The number of nitrogens with zero attached hydrogens (tertiary/aromatic N) is 2. The van der Waals surface area contributed by atoms with Crippen molar-refractivity contribution in [3.8, 4) is 11.5 Å². The molecular formula is C28H29ClN3O3+. The average Bonchev–Trinajstić information content (AvgIpc) is 3.17. The van der Waals surface area contributed by atoms with Gasteiger partial charge in [-0.25, -0.2) is 0 Å². The van der Waals surface area contributed by atoms with Gasteiger partial charge in [0.05, 0.1) is 12.8 Å². The number of halogens is 1. The van der Waals surface area contributed by atoms with E-state index in [0.29, 0.717) is 36.2 Å². The highest BCUT2D eigenvalue weighted by molar-refractivity contribution is 6.30. The molecule has 6 nitrogen and oxygen atoms in total. The minimum absolute atomic E-state index is 0.0415. The fourth-order valence-electron chi connectivity index (χ4n) is 4.23. The molecule has 1 saturated heterocycles. The van der Waals surface area contributed by atoms with Crippen molar-refractivity contribution in [1.82, 2.24) is 5.01 Å². The standard InChI is InChI=1S/C28H28ClN3O3/c1-4-16-35-25-15-12-23(17-26(25)34-3)28-31(18-21-8-6-5-7-9-21)19-27(33)32(28)30-20(2)22-10-13-24(29)14-11-22/h4-15,17,28H,1,16,18-19H2,2-3H3/p+1/b30-20-/t28-/m0/s1. The second kappa shape index (κ2) is 11.2. The molecular weight excluding hydrogens is 462 g/mol. The first-order chi connectivity index (χ1) is 17.0. The molecule has 2 atom stereocenters. The molecule has 1 aliphatic heterocycles. The Morgan fingerprint density at radius 2 is 1.89 bits per heavy atom. The second-order valence-corrected chi connectivity index (χ2v) is 8.78. The summed E-state index contributed by atoms with van der Waals surface area (Å²) in [6.45, 7) is 6.98. The lowest BCUT2D eigenvalue weighted by molar-refractivity contribution is -0.936. The number of nitrogens with one attached hydrogen (secondary N) is 1. The number of benzene rings is 3. The van der Waals surface area contributed by atoms with Gasteiger partial charge in [0.25, 0.3) is 0 Å². The van der Waals surface area contributed by atoms with Gasteiger partial charge in [-0.1, -0.05) is 66.7 Å². The molecule has 1 amide bonds. The van der Waals surface area contributed by atoms with Gasteiger partial charge in [0.15, 0.2) is 18.0 Å². The van der Waals surface area contributed by atoms with Gasteiger partial charge in [0, 0.05) is 16.1 Å². The first-order valence-electron chi connectivity index (χ1n) is 11.4. The Kier molecular flexibility index (Phi) is 7.85. The fraction of sp³-hybridized carbons (Fsp3) is 0.214. The molecule has 0 bridgehead atoms. The van der Waals surface area contributed by atoms with Crippen LogP contribution in [0.3, 0.4) is 0 Å². The normalized spacial score (nSPS) is 18.0. The van der Waals surface area contributed by atoms with Crippen LogP contribution in [0.25, 0.3) is 0 Å². The molecule has 180 valence electrons. The van der Waals surface area contributed by atoms with Crippen LogP contribution in [0.4, 0.5) is 0 Å². The van der Waals surface area contributed by atoms with E-state index in [-0.39, 0.29) is 12.1 Å². The van der Waals surface area contributed by atoms with Gasteiger partial charge in [-0.15, -0.1) is 0 Å². The lowest BCUT2D eigenvalue weighted by Gasteiger charge is -2.25. The smallest absolute Gasteiger partial charge is 0.303 e. The molecule has 4 rings (SSSR count). The van der Waals surface area contributed by atoms with Gasteiger partial charge < -0.3 is 9.47 Å². The van der Waals surface area contributed by atoms with Crippen LogP contribution in [0.5, 0.6) is 11.5 Å². The van der Waals surface area contributed by atoms with Crippen LogP contribution in [0.2, 0.25) is 5.02 Å². The molecule has 35 heavy (non-hydrogen) atoms. The summed E-state index contributed by atoms with van der Waals surface area (Å²) in [6.07, 6.45) is 1.36. The first kappa shape index (κ1) is 24.5. The van der Waals surface area contributed by atoms with Crippen LogP contribution in [0, 0.1) is 0 Å². The molecule has 0 aromatic heterocycles. The van der Waals surface area contributed by atoms with E-state index in [9.17, 15) is 4.79 Å². The second-order valence-electron chi connectivity index (χ2n) is 8.34. The number of methoxy groups -OCH3 is 1. The Morgan fingerprint density at radius 1 is 1.14 bits per heavy atom. The lowest BCUT2D eigenvalue weighted by Crippen LogP contribution is -3.09. The van der Waals surface area contributed by atoms with Crippen molar-refractivity contribution in [3.05, 3.63) is 107 Å². The molecule has 0 saturated carbocycles. The van der Waals surface area contributed by atoms with Crippen LogP contribution < -0.4 is 14.4 Å². The number of hydrogen-bond donors (Lipinski definition) is 1. The molecule has 1 N–H and O–H groups in total. The molecule has 1 unspecified atom stereocenters. The molecule has 1 fully saturated rings. The zero-order chi connectivity index (χ0) is 24.8. The summed E-state index contributed by atoms with van der Waals surface area (Å²) in [5, 5.41) is 7.04. The third-order valence-electron chi connectivity index (χ3n) is 5.92. The van der Waals surface area contributed by atoms with Crippen LogP contribution in [0.15, 0.2) is 90.6 Å². The number of ether oxygens (including phenoxy) is 2. The van der Waals surface area contributed by atoms with Crippen LogP contribution in [0.1, 0.15) is 29.8 Å². The number of carbonyl (C=O) groups is 1. The Morgan fingerprint density at radius 3 is 2.57 bits per heavy atom. The van der Waals surface area contributed by atoms with Crippen molar-refractivity contribution in [1.29, 1.82) is 0 Å². The Bertz CT molecular complexity index is 1210. The third-order valence-corrected chi connectivity index (χ3v) is 6.17. The van der Waals surface area contributed by atoms with Crippen molar-refractivity contribution < 1.29 is 19.2 Å². The Labute approximate surface area is 211 Å². The Balaban J connectivity index is 1.73. The molecule has 0 aliphatic carbocycles.